The monoisotopic (exact) mass is 331 g/mol. The molecule has 0 fully saturated rings. The van der Waals surface area contributed by atoms with Crippen molar-refractivity contribution in [2.45, 2.75) is 6.54 Å². The second-order valence-electron chi connectivity index (χ2n) is 6.15. The molecule has 0 atom stereocenters. The van der Waals surface area contributed by atoms with Gasteiger partial charge in [-0.25, -0.2) is 4.98 Å². The first-order valence-corrected chi connectivity index (χ1v) is 8.17. The lowest BCUT2D eigenvalue weighted by molar-refractivity contribution is 0.104. The van der Waals surface area contributed by atoms with Gasteiger partial charge in [-0.2, -0.15) is 0 Å². The fourth-order valence-corrected chi connectivity index (χ4v) is 2.67. The van der Waals surface area contributed by atoms with Crippen LogP contribution in [0.4, 0.5) is 0 Å². The maximum absolute atomic E-state index is 12.6. The standard InChI is InChI=1S/C21H21N3O/c1-23(2)15-18-5-3-4-6-20(18)21(25)12-9-17-7-10-19(11-8-17)24-14-13-22-16-24/h3-14,16H,15H2,1-2H3. The Morgan fingerprint density at radius 3 is 2.56 bits per heavy atom. The van der Waals surface area contributed by atoms with Crippen LogP contribution in [0.25, 0.3) is 11.8 Å². The van der Waals surface area contributed by atoms with Crippen molar-refractivity contribution in [2.24, 2.45) is 0 Å². The Kier molecular flexibility index (Phi) is 5.21. The molecule has 1 aromatic heterocycles. The van der Waals surface area contributed by atoms with Crippen molar-refractivity contribution in [2.75, 3.05) is 14.1 Å². The van der Waals surface area contributed by atoms with Gasteiger partial charge < -0.3 is 9.47 Å². The Labute approximate surface area is 148 Å². The molecule has 1 heterocycles. The van der Waals surface area contributed by atoms with E-state index in [-0.39, 0.29) is 5.78 Å². The second-order valence-corrected chi connectivity index (χ2v) is 6.15. The van der Waals surface area contributed by atoms with Gasteiger partial charge in [0.05, 0.1) is 6.33 Å². The first-order chi connectivity index (χ1) is 12.1. The van der Waals surface area contributed by atoms with E-state index in [9.17, 15) is 4.79 Å². The van der Waals surface area contributed by atoms with Gasteiger partial charge in [-0.05, 0) is 43.4 Å². The Balaban J connectivity index is 1.75. The molecule has 0 aliphatic carbocycles. The van der Waals surface area contributed by atoms with E-state index in [1.807, 2.05) is 79.5 Å². The maximum atomic E-state index is 12.6. The number of nitrogens with zero attached hydrogens (tertiary/aromatic N) is 3. The minimum absolute atomic E-state index is 0.0242. The molecule has 0 aliphatic heterocycles. The van der Waals surface area contributed by atoms with Crippen LogP contribution in [0.5, 0.6) is 0 Å². The number of hydrogen-bond acceptors (Lipinski definition) is 3. The van der Waals surface area contributed by atoms with Crippen LogP contribution in [0, 0.1) is 0 Å². The number of rotatable bonds is 6. The van der Waals surface area contributed by atoms with Crippen LogP contribution in [0.2, 0.25) is 0 Å². The van der Waals surface area contributed by atoms with Crippen molar-refractivity contribution >= 4 is 11.9 Å². The summed E-state index contributed by atoms with van der Waals surface area (Å²) in [7, 11) is 4.00. The second kappa shape index (κ2) is 7.73. The van der Waals surface area contributed by atoms with Crippen LogP contribution in [-0.4, -0.2) is 34.3 Å². The summed E-state index contributed by atoms with van der Waals surface area (Å²) in [5, 5.41) is 0. The van der Waals surface area contributed by atoms with E-state index in [1.165, 1.54) is 0 Å². The first-order valence-electron chi connectivity index (χ1n) is 8.17. The van der Waals surface area contributed by atoms with Gasteiger partial charge in [0.2, 0.25) is 0 Å². The predicted molar refractivity (Wildman–Crippen MR) is 101 cm³/mol. The molecule has 0 bridgehead atoms. The van der Waals surface area contributed by atoms with Gasteiger partial charge in [0.15, 0.2) is 5.78 Å². The third kappa shape index (κ3) is 4.31. The van der Waals surface area contributed by atoms with Gasteiger partial charge in [0, 0.05) is 30.2 Å². The van der Waals surface area contributed by atoms with Crippen molar-refractivity contribution < 1.29 is 4.79 Å². The molecule has 0 saturated carbocycles. The van der Waals surface area contributed by atoms with Gasteiger partial charge in [-0.3, -0.25) is 4.79 Å². The number of allylic oxidation sites excluding steroid dienone is 1. The maximum Gasteiger partial charge on any atom is 0.186 e. The fourth-order valence-electron chi connectivity index (χ4n) is 2.67. The summed E-state index contributed by atoms with van der Waals surface area (Å²) in [6.45, 7) is 0.745. The SMILES string of the molecule is CN(C)Cc1ccccc1C(=O)C=Cc1ccc(-n2ccnc2)cc1. The summed E-state index contributed by atoms with van der Waals surface area (Å²) in [6, 6.07) is 15.7. The van der Waals surface area contributed by atoms with Crippen LogP contribution >= 0.6 is 0 Å². The molecule has 0 spiro atoms. The van der Waals surface area contributed by atoms with Gasteiger partial charge in [-0.1, -0.05) is 42.5 Å². The number of aromatic nitrogens is 2. The van der Waals surface area contributed by atoms with Gasteiger partial charge >= 0.3 is 0 Å². The molecule has 0 unspecified atom stereocenters. The molecule has 0 aliphatic rings. The van der Waals surface area contributed by atoms with E-state index in [4.69, 9.17) is 0 Å². The quantitative estimate of drug-likeness (QED) is 0.509. The summed E-state index contributed by atoms with van der Waals surface area (Å²) in [5.41, 5.74) is 3.82. The van der Waals surface area contributed by atoms with Gasteiger partial charge in [0.1, 0.15) is 0 Å². The minimum atomic E-state index is 0.0242. The summed E-state index contributed by atoms with van der Waals surface area (Å²) in [4.78, 5) is 18.7. The van der Waals surface area contributed by atoms with Crippen LogP contribution in [0.1, 0.15) is 21.5 Å². The number of benzene rings is 2. The third-order valence-corrected chi connectivity index (χ3v) is 3.89. The van der Waals surface area contributed by atoms with E-state index in [2.05, 4.69) is 9.88 Å². The molecule has 0 saturated heterocycles. The Bertz CT molecular complexity index is 862. The summed E-state index contributed by atoms with van der Waals surface area (Å²) >= 11 is 0. The zero-order chi connectivity index (χ0) is 17.6. The van der Waals surface area contributed by atoms with Crippen molar-refractivity contribution in [1.82, 2.24) is 14.5 Å². The first kappa shape index (κ1) is 16.9. The summed E-state index contributed by atoms with van der Waals surface area (Å²) in [6.07, 6.45) is 8.90. The zero-order valence-electron chi connectivity index (χ0n) is 14.5. The number of ketones is 1. The molecular weight excluding hydrogens is 310 g/mol. The predicted octanol–water partition coefficient (Wildman–Crippen LogP) is 3.83. The normalized spacial score (nSPS) is 11.3. The summed E-state index contributed by atoms with van der Waals surface area (Å²) in [5.74, 6) is 0.0242. The highest BCUT2D eigenvalue weighted by atomic mass is 16.1. The van der Waals surface area contributed by atoms with Crippen molar-refractivity contribution in [3.8, 4) is 5.69 Å². The van der Waals surface area contributed by atoms with E-state index in [1.54, 1.807) is 18.6 Å². The molecule has 2 aromatic carbocycles. The largest absolute Gasteiger partial charge is 0.306 e. The highest BCUT2D eigenvalue weighted by Crippen LogP contribution is 2.14. The average molecular weight is 331 g/mol. The highest BCUT2D eigenvalue weighted by molar-refractivity contribution is 6.07. The zero-order valence-corrected chi connectivity index (χ0v) is 14.5. The lowest BCUT2D eigenvalue weighted by atomic mass is 10.0. The molecule has 4 nitrogen and oxygen atoms in total. The molecule has 4 heteroatoms. The van der Waals surface area contributed by atoms with Crippen LogP contribution in [0.3, 0.4) is 0 Å². The molecule has 0 amide bonds. The van der Waals surface area contributed by atoms with Crippen LogP contribution in [-0.2, 0) is 6.54 Å². The van der Waals surface area contributed by atoms with E-state index >= 15 is 0 Å². The Morgan fingerprint density at radius 2 is 1.88 bits per heavy atom. The summed E-state index contributed by atoms with van der Waals surface area (Å²) < 4.78 is 1.94. The van der Waals surface area contributed by atoms with E-state index < -0.39 is 0 Å². The van der Waals surface area contributed by atoms with E-state index in [0.29, 0.717) is 0 Å². The fraction of sp³-hybridized carbons (Fsp3) is 0.143. The van der Waals surface area contributed by atoms with Crippen molar-refractivity contribution in [1.29, 1.82) is 0 Å². The lowest BCUT2D eigenvalue weighted by Gasteiger charge is -2.12. The molecular formula is C21H21N3O. The Morgan fingerprint density at radius 1 is 1.12 bits per heavy atom. The van der Waals surface area contributed by atoms with Crippen molar-refractivity contribution in [3.05, 3.63) is 90.0 Å². The Hall–Kier alpha value is -2.98. The lowest BCUT2D eigenvalue weighted by Crippen LogP contribution is -2.13. The molecule has 126 valence electrons. The third-order valence-electron chi connectivity index (χ3n) is 3.89. The highest BCUT2D eigenvalue weighted by Gasteiger charge is 2.08. The molecule has 3 aromatic rings. The molecule has 0 N–H and O–H groups in total. The van der Waals surface area contributed by atoms with Gasteiger partial charge in [-0.15, -0.1) is 0 Å². The van der Waals surface area contributed by atoms with E-state index in [0.717, 1.165) is 28.9 Å². The smallest absolute Gasteiger partial charge is 0.186 e. The van der Waals surface area contributed by atoms with Crippen LogP contribution < -0.4 is 0 Å². The average Bonchev–Trinajstić information content (AvgIpc) is 3.15. The number of carbonyl (C=O) groups excluding carboxylic acids is 1. The topological polar surface area (TPSA) is 38.1 Å². The minimum Gasteiger partial charge on any atom is -0.306 e. The number of imidazole rings is 1. The number of carbonyl (C=O) groups is 1. The molecule has 25 heavy (non-hydrogen) atoms. The molecule has 0 radical (unpaired) electrons. The number of hydrogen-bond donors (Lipinski definition) is 0. The van der Waals surface area contributed by atoms with Crippen LogP contribution in [0.15, 0.2) is 73.3 Å². The molecule has 3 rings (SSSR count). The van der Waals surface area contributed by atoms with Gasteiger partial charge in [0.25, 0.3) is 0 Å². The van der Waals surface area contributed by atoms with Crippen molar-refractivity contribution in [3.63, 3.8) is 0 Å².